The molecule has 0 N–H and O–H groups in total. The summed E-state index contributed by atoms with van der Waals surface area (Å²) in [4.78, 5) is 3.71. The minimum atomic E-state index is -4.23. The van der Waals surface area contributed by atoms with Crippen LogP contribution in [0, 0.1) is 13.8 Å². The Kier molecular flexibility index (Phi) is 3.10. The van der Waals surface area contributed by atoms with E-state index < -0.39 is 16.3 Å². The molecule has 132 valence electrons. The van der Waals surface area contributed by atoms with Crippen LogP contribution >= 0.6 is 11.6 Å². The molecule has 3 heterocycles. The molecule has 12 heteroatoms. The lowest BCUT2D eigenvalue weighted by molar-refractivity contribution is -0.286. The Morgan fingerprint density at radius 3 is 2.44 bits per heavy atom. The Labute approximate surface area is 143 Å². The number of rotatable bonds is 2. The Hall–Kier alpha value is -2.40. The topological polar surface area (TPSA) is 96.5 Å². The lowest BCUT2D eigenvalue weighted by Crippen LogP contribution is -2.25. The van der Waals surface area contributed by atoms with E-state index in [0.717, 1.165) is 12.1 Å². The van der Waals surface area contributed by atoms with Crippen LogP contribution in [0.5, 0.6) is 11.5 Å². The van der Waals surface area contributed by atoms with Crippen molar-refractivity contribution in [3.8, 4) is 11.5 Å². The van der Waals surface area contributed by atoms with Gasteiger partial charge >= 0.3 is 6.29 Å². The van der Waals surface area contributed by atoms with Crippen LogP contribution in [0.25, 0.3) is 11.0 Å². The van der Waals surface area contributed by atoms with Crippen molar-refractivity contribution in [2.45, 2.75) is 25.0 Å². The van der Waals surface area contributed by atoms with Gasteiger partial charge < -0.3 is 14.0 Å². The molecular weight excluding hydrogens is 384 g/mol. The van der Waals surface area contributed by atoms with E-state index in [4.69, 9.17) is 16.1 Å². The maximum Gasteiger partial charge on any atom is 0.586 e. The average Bonchev–Trinajstić information content (AvgIpc) is 3.07. The van der Waals surface area contributed by atoms with Gasteiger partial charge in [0.25, 0.3) is 10.0 Å². The minimum Gasteiger partial charge on any atom is -0.395 e. The highest BCUT2D eigenvalue weighted by Gasteiger charge is 2.44. The number of benzene rings is 1. The van der Waals surface area contributed by atoms with Gasteiger partial charge in [-0.1, -0.05) is 5.16 Å². The highest BCUT2D eigenvalue weighted by Crippen LogP contribution is 2.44. The molecule has 0 saturated carbocycles. The largest absolute Gasteiger partial charge is 0.586 e. The molecule has 1 aromatic carbocycles. The molecule has 0 fully saturated rings. The second-order valence-corrected chi connectivity index (χ2v) is 7.32. The number of halogens is 3. The summed E-state index contributed by atoms with van der Waals surface area (Å²) in [5.74, 6) is -0.541. The molecule has 3 aromatic rings. The first kappa shape index (κ1) is 16.1. The van der Waals surface area contributed by atoms with Crippen LogP contribution in [-0.2, 0) is 10.0 Å². The molecule has 0 bridgehead atoms. The van der Waals surface area contributed by atoms with Gasteiger partial charge in [-0.3, -0.25) is 0 Å². The summed E-state index contributed by atoms with van der Waals surface area (Å²) in [6, 6.07) is 2.19. The van der Waals surface area contributed by atoms with E-state index in [0.29, 0.717) is 3.97 Å². The number of alkyl halides is 2. The molecule has 0 saturated heterocycles. The summed E-state index contributed by atoms with van der Waals surface area (Å²) in [6.45, 7) is 2.88. The predicted octanol–water partition coefficient (Wildman–Crippen LogP) is 2.85. The molecule has 1 aliphatic heterocycles. The Morgan fingerprint density at radius 2 is 1.84 bits per heavy atom. The maximum atomic E-state index is 13.2. The van der Waals surface area contributed by atoms with Crippen molar-refractivity contribution >= 4 is 32.7 Å². The van der Waals surface area contributed by atoms with Crippen LogP contribution in [0.3, 0.4) is 0 Å². The van der Waals surface area contributed by atoms with Crippen LogP contribution in [0.15, 0.2) is 21.6 Å². The van der Waals surface area contributed by atoms with E-state index in [9.17, 15) is 17.2 Å². The van der Waals surface area contributed by atoms with Gasteiger partial charge in [0.15, 0.2) is 22.2 Å². The fourth-order valence-corrected chi connectivity index (χ4v) is 4.73. The summed E-state index contributed by atoms with van der Waals surface area (Å²) < 4.78 is 66.6. The Balaban J connectivity index is 1.99. The molecule has 8 nitrogen and oxygen atoms in total. The van der Waals surface area contributed by atoms with Gasteiger partial charge in [0.2, 0.25) is 5.28 Å². The van der Waals surface area contributed by atoms with Crippen LogP contribution in [0.4, 0.5) is 8.78 Å². The highest BCUT2D eigenvalue weighted by molar-refractivity contribution is 7.90. The van der Waals surface area contributed by atoms with Gasteiger partial charge in [-0.2, -0.15) is 0 Å². The van der Waals surface area contributed by atoms with Crippen LogP contribution in [-0.4, -0.2) is 28.8 Å². The first-order valence-electron chi connectivity index (χ1n) is 6.76. The third-order valence-corrected chi connectivity index (χ3v) is 5.87. The number of aryl methyl sites for hydroxylation is 2. The van der Waals surface area contributed by atoms with Gasteiger partial charge in [0.05, 0.1) is 11.0 Å². The third-order valence-electron chi connectivity index (χ3n) is 3.56. The fourth-order valence-electron chi connectivity index (χ4n) is 2.63. The van der Waals surface area contributed by atoms with Crippen molar-refractivity contribution in [3.63, 3.8) is 0 Å². The molecule has 1 aliphatic rings. The van der Waals surface area contributed by atoms with Gasteiger partial charge in [0, 0.05) is 12.1 Å². The van der Waals surface area contributed by atoms with Crippen molar-refractivity contribution in [2.24, 2.45) is 0 Å². The number of fused-ring (bicyclic) bond motifs is 2. The summed E-state index contributed by atoms with van der Waals surface area (Å²) in [5, 5.41) is 3.22. The van der Waals surface area contributed by atoms with E-state index in [2.05, 4.69) is 19.6 Å². The summed E-state index contributed by atoms with van der Waals surface area (Å²) >= 11 is 5.99. The molecular formula is C13H8ClF2N3O5S. The second kappa shape index (κ2) is 4.82. The van der Waals surface area contributed by atoms with Crippen LogP contribution in [0.2, 0.25) is 5.28 Å². The zero-order valence-corrected chi connectivity index (χ0v) is 14.2. The van der Waals surface area contributed by atoms with Crippen LogP contribution in [0.1, 0.15) is 11.5 Å². The number of ether oxygens (including phenoxy) is 2. The second-order valence-electron chi connectivity index (χ2n) is 5.26. The molecule has 0 unspecified atom stereocenters. The van der Waals surface area contributed by atoms with E-state index in [-0.39, 0.29) is 44.2 Å². The lowest BCUT2D eigenvalue weighted by Gasteiger charge is -2.07. The molecule has 2 aromatic heterocycles. The van der Waals surface area contributed by atoms with E-state index in [1.165, 1.54) is 13.8 Å². The van der Waals surface area contributed by atoms with Gasteiger partial charge in [0.1, 0.15) is 5.69 Å². The fraction of sp³-hybridized carbons (Fsp3) is 0.231. The third kappa shape index (κ3) is 2.26. The maximum absolute atomic E-state index is 13.2. The number of hydrogen-bond acceptors (Lipinski definition) is 7. The van der Waals surface area contributed by atoms with E-state index in [1.807, 2.05) is 0 Å². The standard InChI is InChI=1S/C13H8ClF2N3O5S/c1-5-11(6(2)24-18-5)25(20,21)19-8-4-10-9(22-13(15,16)23-10)3-7(8)17-12(19)14/h3-4H,1-2H3. The van der Waals surface area contributed by atoms with Crippen molar-refractivity contribution in [1.82, 2.24) is 14.1 Å². The summed E-state index contributed by atoms with van der Waals surface area (Å²) in [5.41, 5.74) is 0.119. The first-order valence-corrected chi connectivity index (χ1v) is 8.58. The van der Waals surface area contributed by atoms with Crippen molar-refractivity contribution < 1.29 is 31.2 Å². The van der Waals surface area contributed by atoms with Crippen molar-refractivity contribution in [1.29, 1.82) is 0 Å². The minimum absolute atomic E-state index is 0.0420. The number of imidazole rings is 1. The van der Waals surface area contributed by atoms with Crippen molar-refractivity contribution in [2.75, 3.05) is 0 Å². The molecule has 0 atom stereocenters. The monoisotopic (exact) mass is 391 g/mol. The Morgan fingerprint density at radius 1 is 1.20 bits per heavy atom. The van der Waals surface area contributed by atoms with E-state index in [1.54, 1.807) is 0 Å². The zero-order valence-electron chi connectivity index (χ0n) is 12.6. The molecule has 4 rings (SSSR count). The molecule has 0 spiro atoms. The van der Waals surface area contributed by atoms with E-state index >= 15 is 0 Å². The average molecular weight is 392 g/mol. The number of hydrogen-bond donors (Lipinski definition) is 0. The Bertz CT molecular complexity index is 1120. The molecule has 25 heavy (non-hydrogen) atoms. The quantitative estimate of drug-likeness (QED) is 0.662. The normalized spacial score (nSPS) is 15.9. The van der Waals surface area contributed by atoms with Gasteiger partial charge in [-0.15, -0.1) is 8.78 Å². The SMILES string of the molecule is Cc1noc(C)c1S(=O)(=O)n1c(Cl)nc2cc3c(cc21)OC(F)(F)O3. The summed E-state index contributed by atoms with van der Waals surface area (Å²) in [7, 11) is -4.23. The molecule has 0 radical (unpaired) electrons. The number of nitrogens with zero attached hydrogens (tertiary/aromatic N) is 3. The lowest BCUT2D eigenvalue weighted by atomic mass is 10.3. The number of aromatic nitrogens is 3. The first-order chi connectivity index (χ1) is 11.6. The molecule has 0 amide bonds. The van der Waals surface area contributed by atoms with Gasteiger partial charge in [-0.05, 0) is 25.4 Å². The molecule has 0 aliphatic carbocycles. The predicted molar refractivity (Wildman–Crippen MR) is 79.5 cm³/mol. The van der Waals surface area contributed by atoms with Crippen molar-refractivity contribution in [3.05, 3.63) is 28.9 Å². The summed E-state index contributed by atoms with van der Waals surface area (Å²) in [6.07, 6.45) is -3.84. The zero-order chi connectivity index (χ0) is 18.1. The highest BCUT2D eigenvalue weighted by atomic mass is 35.5. The smallest absolute Gasteiger partial charge is 0.395 e. The van der Waals surface area contributed by atoms with Gasteiger partial charge in [-0.25, -0.2) is 17.4 Å². The van der Waals surface area contributed by atoms with Crippen LogP contribution < -0.4 is 9.47 Å².